The van der Waals surface area contributed by atoms with Crippen LogP contribution in [0.4, 0.5) is 5.69 Å². The molecule has 1 saturated heterocycles. The lowest BCUT2D eigenvalue weighted by molar-refractivity contribution is -0.122. The number of para-hydroxylation sites is 2. The van der Waals surface area contributed by atoms with Gasteiger partial charge in [0.05, 0.1) is 12.1 Å². The topological polar surface area (TPSA) is 48.5 Å². The van der Waals surface area contributed by atoms with Crippen LogP contribution in [0, 0.1) is 0 Å². The molecule has 4 rings (SSSR count). The number of pyridine rings is 1. The minimum absolute atomic E-state index is 0.103. The van der Waals surface area contributed by atoms with Gasteiger partial charge >= 0.3 is 0 Å². The molecule has 1 N–H and O–H groups in total. The zero-order chi connectivity index (χ0) is 19.9. The van der Waals surface area contributed by atoms with Crippen molar-refractivity contribution in [3.8, 4) is 0 Å². The zero-order valence-corrected chi connectivity index (χ0v) is 16.8. The number of carbonyl (C=O) groups is 1. The Morgan fingerprint density at radius 3 is 2.69 bits per heavy atom. The Labute approximate surface area is 172 Å². The van der Waals surface area contributed by atoms with Gasteiger partial charge in [-0.2, -0.15) is 0 Å². The van der Waals surface area contributed by atoms with Gasteiger partial charge in [-0.05, 0) is 36.6 Å². The molecule has 5 nitrogen and oxygen atoms in total. The van der Waals surface area contributed by atoms with Crippen molar-refractivity contribution in [2.75, 3.05) is 44.2 Å². The standard InChI is InChI=1S/C24H28N4O/c29-23(25-14-12-21-8-4-7-20-9-5-13-26-24(20)21)19-27-15-6-16-28(18-17-27)22-10-2-1-3-11-22/h1-5,7-11,13H,6,12,14-19H2,(H,25,29). The smallest absolute Gasteiger partial charge is 0.234 e. The molecule has 3 aromatic rings. The average molecular weight is 389 g/mol. The van der Waals surface area contributed by atoms with Crippen LogP contribution in [0.5, 0.6) is 0 Å². The molecule has 0 radical (unpaired) electrons. The summed E-state index contributed by atoms with van der Waals surface area (Å²) in [6.45, 7) is 4.98. The highest BCUT2D eigenvalue weighted by Gasteiger charge is 2.17. The maximum atomic E-state index is 12.4. The van der Waals surface area contributed by atoms with E-state index in [0.29, 0.717) is 13.1 Å². The van der Waals surface area contributed by atoms with Crippen LogP contribution in [0.15, 0.2) is 66.9 Å². The van der Waals surface area contributed by atoms with Gasteiger partial charge in [-0.25, -0.2) is 0 Å². The van der Waals surface area contributed by atoms with Gasteiger partial charge in [-0.1, -0.05) is 42.5 Å². The summed E-state index contributed by atoms with van der Waals surface area (Å²) in [7, 11) is 0. The molecule has 0 bridgehead atoms. The van der Waals surface area contributed by atoms with Crippen LogP contribution >= 0.6 is 0 Å². The van der Waals surface area contributed by atoms with E-state index < -0.39 is 0 Å². The molecule has 0 aliphatic carbocycles. The molecule has 1 amide bonds. The van der Waals surface area contributed by atoms with E-state index in [0.717, 1.165) is 49.9 Å². The predicted molar refractivity (Wildman–Crippen MR) is 118 cm³/mol. The number of rotatable bonds is 6. The summed E-state index contributed by atoms with van der Waals surface area (Å²) in [5, 5.41) is 4.23. The average Bonchev–Trinajstić information content (AvgIpc) is 3.00. The fourth-order valence-corrected chi connectivity index (χ4v) is 3.99. The molecule has 0 saturated carbocycles. The summed E-state index contributed by atoms with van der Waals surface area (Å²) in [6, 6.07) is 20.8. The molecule has 5 heteroatoms. The number of nitrogens with zero attached hydrogens (tertiary/aromatic N) is 3. The maximum Gasteiger partial charge on any atom is 0.234 e. The number of hydrogen-bond donors (Lipinski definition) is 1. The normalized spacial score (nSPS) is 15.2. The van der Waals surface area contributed by atoms with Gasteiger partial charge in [0.15, 0.2) is 0 Å². The predicted octanol–water partition coefficient (Wildman–Crippen LogP) is 3.11. The van der Waals surface area contributed by atoms with E-state index in [4.69, 9.17) is 0 Å². The Morgan fingerprint density at radius 2 is 1.79 bits per heavy atom. The summed E-state index contributed by atoms with van der Waals surface area (Å²) in [4.78, 5) is 21.6. The van der Waals surface area contributed by atoms with Gasteiger partial charge in [0.25, 0.3) is 0 Å². The van der Waals surface area contributed by atoms with Crippen molar-refractivity contribution in [1.29, 1.82) is 0 Å². The molecule has 0 spiro atoms. The van der Waals surface area contributed by atoms with Crippen molar-refractivity contribution in [1.82, 2.24) is 15.2 Å². The molecule has 1 aliphatic rings. The van der Waals surface area contributed by atoms with Crippen LogP contribution < -0.4 is 10.2 Å². The van der Waals surface area contributed by atoms with E-state index in [2.05, 4.69) is 68.6 Å². The number of benzene rings is 2. The highest BCUT2D eigenvalue weighted by Crippen LogP contribution is 2.17. The Morgan fingerprint density at radius 1 is 0.931 bits per heavy atom. The minimum Gasteiger partial charge on any atom is -0.370 e. The molecule has 0 atom stereocenters. The summed E-state index contributed by atoms with van der Waals surface area (Å²) >= 11 is 0. The fourth-order valence-electron chi connectivity index (χ4n) is 3.99. The number of hydrogen-bond acceptors (Lipinski definition) is 4. The first-order valence-corrected chi connectivity index (χ1v) is 10.4. The van der Waals surface area contributed by atoms with Crippen molar-refractivity contribution in [2.24, 2.45) is 0 Å². The third-order valence-corrected chi connectivity index (χ3v) is 5.51. The third-order valence-electron chi connectivity index (χ3n) is 5.51. The molecule has 1 aliphatic heterocycles. The second-order valence-electron chi connectivity index (χ2n) is 7.54. The maximum absolute atomic E-state index is 12.4. The van der Waals surface area contributed by atoms with Crippen molar-refractivity contribution in [2.45, 2.75) is 12.8 Å². The number of aromatic nitrogens is 1. The second-order valence-corrected chi connectivity index (χ2v) is 7.54. The Kier molecular flexibility index (Phi) is 6.37. The number of carbonyl (C=O) groups excluding carboxylic acids is 1. The van der Waals surface area contributed by atoms with Crippen LogP contribution in [-0.4, -0.2) is 55.1 Å². The molecule has 150 valence electrons. The van der Waals surface area contributed by atoms with E-state index in [-0.39, 0.29) is 5.91 Å². The van der Waals surface area contributed by atoms with Crippen LogP contribution in [0.25, 0.3) is 10.9 Å². The molecule has 29 heavy (non-hydrogen) atoms. The van der Waals surface area contributed by atoms with E-state index in [9.17, 15) is 4.79 Å². The molecule has 2 heterocycles. The Bertz CT molecular complexity index is 939. The van der Waals surface area contributed by atoms with Crippen LogP contribution in [0.2, 0.25) is 0 Å². The second kappa shape index (κ2) is 9.52. The lowest BCUT2D eigenvalue weighted by Crippen LogP contribution is -2.39. The first-order chi connectivity index (χ1) is 14.3. The SMILES string of the molecule is O=C(CN1CCCN(c2ccccc2)CC1)NCCc1cccc2cccnc12. The van der Waals surface area contributed by atoms with Crippen LogP contribution in [0.3, 0.4) is 0 Å². The first-order valence-electron chi connectivity index (χ1n) is 10.4. The molecular formula is C24H28N4O. The number of anilines is 1. The van der Waals surface area contributed by atoms with E-state index in [1.807, 2.05) is 18.3 Å². The highest BCUT2D eigenvalue weighted by atomic mass is 16.2. The molecule has 1 aromatic heterocycles. The van der Waals surface area contributed by atoms with Crippen molar-refractivity contribution >= 4 is 22.5 Å². The van der Waals surface area contributed by atoms with Crippen molar-refractivity contribution in [3.63, 3.8) is 0 Å². The zero-order valence-electron chi connectivity index (χ0n) is 16.8. The van der Waals surface area contributed by atoms with Gasteiger partial charge in [-0.15, -0.1) is 0 Å². The lowest BCUT2D eigenvalue weighted by atomic mass is 10.1. The van der Waals surface area contributed by atoms with Crippen molar-refractivity contribution < 1.29 is 4.79 Å². The quantitative estimate of drug-likeness (QED) is 0.705. The van der Waals surface area contributed by atoms with E-state index in [1.54, 1.807) is 0 Å². The van der Waals surface area contributed by atoms with Gasteiger partial charge in [0.2, 0.25) is 5.91 Å². The number of nitrogens with one attached hydrogen (secondary N) is 1. The van der Waals surface area contributed by atoms with Gasteiger partial charge in [-0.3, -0.25) is 14.7 Å². The number of amides is 1. The molecule has 1 fully saturated rings. The Hall–Kier alpha value is -2.92. The molecular weight excluding hydrogens is 360 g/mol. The Balaban J connectivity index is 1.24. The van der Waals surface area contributed by atoms with Crippen molar-refractivity contribution in [3.05, 3.63) is 72.4 Å². The fraction of sp³-hybridized carbons (Fsp3) is 0.333. The van der Waals surface area contributed by atoms with Crippen LogP contribution in [0.1, 0.15) is 12.0 Å². The highest BCUT2D eigenvalue weighted by molar-refractivity contribution is 5.82. The summed E-state index contributed by atoms with van der Waals surface area (Å²) in [6.07, 6.45) is 3.69. The minimum atomic E-state index is 0.103. The number of fused-ring (bicyclic) bond motifs is 1. The summed E-state index contributed by atoms with van der Waals surface area (Å²) < 4.78 is 0. The van der Waals surface area contributed by atoms with Gasteiger partial charge < -0.3 is 10.2 Å². The summed E-state index contributed by atoms with van der Waals surface area (Å²) in [5.74, 6) is 0.103. The molecule has 2 aromatic carbocycles. The van der Waals surface area contributed by atoms with Gasteiger partial charge in [0.1, 0.15) is 0 Å². The van der Waals surface area contributed by atoms with E-state index in [1.165, 1.54) is 11.3 Å². The monoisotopic (exact) mass is 388 g/mol. The third kappa shape index (κ3) is 5.12. The molecule has 0 unspecified atom stereocenters. The summed E-state index contributed by atoms with van der Waals surface area (Å²) in [5.41, 5.74) is 3.47. The first kappa shape index (κ1) is 19.4. The van der Waals surface area contributed by atoms with Crippen LogP contribution in [-0.2, 0) is 11.2 Å². The largest absolute Gasteiger partial charge is 0.370 e. The van der Waals surface area contributed by atoms with E-state index >= 15 is 0 Å². The lowest BCUT2D eigenvalue weighted by Gasteiger charge is -2.23. The van der Waals surface area contributed by atoms with Gasteiger partial charge in [0, 0.05) is 50.0 Å².